The number of halogens is 1. The first-order chi connectivity index (χ1) is 31.4. The number of aliphatic hydroxyl groups is 1. The van der Waals surface area contributed by atoms with Crippen LogP contribution < -0.4 is 29.9 Å². The highest BCUT2D eigenvalue weighted by Crippen LogP contribution is 2.60. The van der Waals surface area contributed by atoms with Gasteiger partial charge < -0.3 is 34.6 Å². The predicted octanol–water partition coefficient (Wildman–Crippen LogP) is 7.56. The molecule has 65 heavy (non-hydrogen) atoms. The number of hydrogen-bond acceptors (Lipinski definition) is 8. The van der Waals surface area contributed by atoms with Crippen molar-refractivity contribution < 1.29 is 29.0 Å². The number of hydrogen-bond donors (Lipinski definition) is 2. The second-order valence-corrected chi connectivity index (χ2v) is 24.1. The summed E-state index contributed by atoms with van der Waals surface area (Å²) >= 11 is 3.73. The second kappa shape index (κ2) is 18.2. The van der Waals surface area contributed by atoms with Gasteiger partial charge in [-0.1, -0.05) is 114 Å². The minimum atomic E-state index is -2.55. The van der Waals surface area contributed by atoms with Crippen LogP contribution in [-0.4, -0.2) is 87.5 Å². The van der Waals surface area contributed by atoms with Crippen molar-refractivity contribution in [1.82, 2.24) is 10.2 Å². The summed E-state index contributed by atoms with van der Waals surface area (Å²) in [7, 11) is -0.890. The van der Waals surface area contributed by atoms with Crippen LogP contribution in [0.2, 0.25) is 18.6 Å². The number of anilines is 3. The van der Waals surface area contributed by atoms with Crippen molar-refractivity contribution in [3.63, 3.8) is 0 Å². The van der Waals surface area contributed by atoms with Crippen LogP contribution in [0.5, 0.6) is 5.75 Å². The Labute approximate surface area is 391 Å². The first-order valence-electron chi connectivity index (χ1n) is 22.7. The Bertz CT molecular complexity index is 2520. The lowest BCUT2D eigenvalue weighted by Gasteiger charge is -2.39. The Balaban J connectivity index is 1.03. The SMILES string of the molecule is COc1ccc([Si](C)(C)[C@H]2[C@H](CC(=O)N(CCO)Cc3ccccc3)O[C@@]3(C(=O)N(Cc4ccc(N5CN(c6ccccc6)C6(CCNCC6)C5=O)cc4)c4ccc(Br)cc43)[C@@H]2C)cc1. The van der Waals surface area contributed by atoms with Gasteiger partial charge in [-0.2, -0.15) is 0 Å². The van der Waals surface area contributed by atoms with Crippen molar-refractivity contribution in [2.75, 3.05) is 54.7 Å². The van der Waals surface area contributed by atoms with Crippen LogP contribution in [0.15, 0.2) is 132 Å². The molecule has 4 atom stereocenters. The number of aliphatic hydroxyl groups excluding tert-OH is 1. The van der Waals surface area contributed by atoms with Gasteiger partial charge in [0, 0.05) is 40.4 Å². The number of carbonyl (C=O) groups is 3. The maximum atomic E-state index is 15.6. The van der Waals surface area contributed by atoms with Gasteiger partial charge in [-0.25, -0.2) is 0 Å². The Hall–Kier alpha value is -5.31. The molecule has 2 spiro atoms. The fourth-order valence-corrected chi connectivity index (χ4v) is 15.7. The maximum absolute atomic E-state index is 15.6. The molecule has 3 saturated heterocycles. The van der Waals surface area contributed by atoms with Gasteiger partial charge in [0.25, 0.3) is 11.8 Å². The number of nitrogens with zero attached hydrogens (tertiary/aromatic N) is 4. The van der Waals surface area contributed by atoms with Gasteiger partial charge in [-0.15, -0.1) is 0 Å². The van der Waals surface area contributed by atoms with Gasteiger partial charge in [0.05, 0.1) is 53.2 Å². The molecule has 4 aliphatic heterocycles. The molecule has 3 amide bonds. The smallest absolute Gasteiger partial charge is 0.264 e. The Kier molecular flexibility index (Phi) is 12.5. The van der Waals surface area contributed by atoms with E-state index in [0.717, 1.165) is 69.9 Å². The van der Waals surface area contributed by atoms with Gasteiger partial charge in [-0.05, 0) is 97.2 Å². The number of benzene rings is 5. The zero-order valence-electron chi connectivity index (χ0n) is 37.6. The predicted molar refractivity (Wildman–Crippen MR) is 261 cm³/mol. The van der Waals surface area contributed by atoms with E-state index in [0.29, 0.717) is 19.8 Å². The van der Waals surface area contributed by atoms with Crippen molar-refractivity contribution in [1.29, 1.82) is 0 Å². The van der Waals surface area contributed by atoms with E-state index in [1.165, 1.54) is 5.19 Å². The van der Waals surface area contributed by atoms with E-state index in [-0.39, 0.29) is 48.8 Å². The quantitative estimate of drug-likeness (QED) is 0.116. The second-order valence-electron chi connectivity index (χ2n) is 18.5. The van der Waals surface area contributed by atoms with Crippen LogP contribution >= 0.6 is 15.9 Å². The number of fused-ring (bicyclic) bond motifs is 2. The van der Waals surface area contributed by atoms with Crippen molar-refractivity contribution in [3.8, 4) is 5.75 Å². The van der Waals surface area contributed by atoms with E-state index in [2.05, 4.69) is 70.4 Å². The van der Waals surface area contributed by atoms with Crippen molar-refractivity contribution >= 4 is 64.0 Å². The minimum absolute atomic E-state index is 0.0585. The Morgan fingerprint density at radius 3 is 2.22 bits per heavy atom. The molecule has 4 heterocycles. The monoisotopic (exact) mass is 955 g/mol. The van der Waals surface area contributed by atoms with Gasteiger partial charge in [0.15, 0.2) is 5.60 Å². The molecular formula is C52H58BrN5O6Si. The minimum Gasteiger partial charge on any atom is -0.497 e. The van der Waals surface area contributed by atoms with Gasteiger partial charge in [-0.3, -0.25) is 19.3 Å². The van der Waals surface area contributed by atoms with E-state index in [1.54, 1.807) is 12.0 Å². The Morgan fingerprint density at radius 1 is 0.877 bits per heavy atom. The average Bonchev–Trinajstić information content (AvgIpc) is 3.86. The van der Waals surface area contributed by atoms with Crippen molar-refractivity contribution in [2.24, 2.45) is 5.92 Å². The van der Waals surface area contributed by atoms with Crippen LogP contribution in [-0.2, 0) is 37.8 Å². The van der Waals surface area contributed by atoms with Crippen LogP contribution in [0.3, 0.4) is 0 Å². The van der Waals surface area contributed by atoms with Crippen LogP contribution in [0, 0.1) is 5.92 Å². The first-order valence-corrected chi connectivity index (χ1v) is 26.6. The summed E-state index contributed by atoms with van der Waals surface area (Å²) in [5.41, 5.74) is 3.17. The lowest BCUT2D eigenvalue weighted by Crippen LogP contribution is -2.55. The average molecular weight is 957 g/mol. The summed E-state index contributed by atoms with van der Waals surface area (Å²) in [5, 5.41) is 14.7. The molecular weight excluding hydrogens is 899 g/mol. The fraction of sp³-hybridized carbons (Fsp3) is 0.365. The third kappa shape index (κ3) is 7.98. The number of nitrogens with one attached hydrogen (secondary N) is 1. The van der Waals surface area contributed by atoms with E-state index >= 15 is 4.79 Å². The standard InChI is InChI=1S/C52H58BrN5O6Si/c1-36-48(65(3,4)43-22-20-42(63-2)21-23-43)46(32-47(60)55(29-30-59)33-37-11-7-5-8-12-37)64-52(36)44-31-39(53)17-24-45(44)56(50(52)62)34-38-15-18-40(19-16-38)57-35-58(41-13-9-6-10-14-41)51(49(57)61)25-27-54-28-26-51/h5-24,31,36,46,48,54,59H,25-30,32-35H2,1-4H3/t36-,46+,48-,52+/m1/s1. The molecule has 0 radical (unpaired) electrons. The number of ether oxygens (including phenoxy) is 2. The molecule has 5 aromatic carbocycles. The topological polar surface area (TPSA) is 115 Å². The van der Waals surface area contributed by atoms with E-state index in [9.17, 15) is 14.7 Å². The summed E-state index contributed by atoms with van der Waals surface area (Å²) in [6, 6.07) is 42.2. The molecule has 3 fully saturated rings. The number of methoxy groups -OCH3 is 1. The first kappa shape index (κ1) is 44.9. The molecule has 0 unspecified atom stereocenters. The van der Waals surface area contributed by atoms with Crippen LogP contribution in [0.25, 0.3) is 0 Å². The molecule has 5 aromatic rings. The molecule has 13 heteroatoms. The number of carbonyl (C=O) groups excluding carboxylic acids is 3. The van der Waals surface area contributed by atoms with Gasteiger partial charge in [0.1, 0.15) is 11.3 Å². The molecule has 0 aliphatic carbocycles. The molecule has 0 bridgehead atoms. The number of para-hydroxylation sites is 1. The van der Waals surface area contributed by atoms with E-state index < -0.39 is 25.3 Å². The highest BCUT2D eigenvalue weighted by molar-refractivity contribution is 9.10. The highest BCUT2D eigenvalue weighted by Gasteiger charge is 2.66. The molecule has 0 aromatic heterocycles. The number of rotatable bonds is 13. The molecule has 0 saturated carbocycles. The Morgan fingerprint density at radius 2 is 1.55 bits per heavy atom. The molecule has 4 aliphatic rings. The van der Waals surface area contributed by atoms with Crippen molar-refractivity contribution in [3.05, 3.63) is 149 Å². The third-order valence-electron chi connectivity index (χ3n) is 14.6. The largest absolute Gasteiger partial charge is 0.497 e. The summed E-state index contributed by atoms with van der Waals surface area (Å²) in [4.78, 5) is 52.2. The summed E-state index contributed by atoms with van der Waals surface area (Å²) in [6.07, 6.45) is 0.927. The van der Waals surface area contributed by atoms with Gasteiger partial charge >= 0.3 is 0 Å². The summed E-state index contributed by atoms with van der Waals surface area (Å²) in [5.74, 6) is 0.279. The van der Waals surface area contributed by atoms with Crippen LogP contribution in [0.1, 0.15) is 42.9 Å². The van der Waals surface area contributed by atoms with Gasteiger partial charge in [0.2, 0.25) is 5.91 Å². The number of amides is 3. The molecule has 2 N–H and O–H groups in total. The maximum Gasteiger partial charge on any atom is 0.264 e. The zero-order valence-corrected chi connectivity index (χ0v) is 40.2. The van der Waals surface area contributed by atoms with E-state index in [1.807, 2.05) is 113 Å². The normalized spacial score (nSPS) is 22.6. The lowest BCUT2D eigenvalue weighted by molar-refractivity contribution is -0.150. The molecule has 338 valence electrons. The summed E-state index contributed by atoms with van der Waals surface area (Å²) < 4.78 is 13.7. The van der Waals surface area contributed by atoms with E-state index in [4.69, 9.17) is 9.47 Å². The number of piperidine rings is 1. The molecule has 11 nitrogen and oxygen atoms in total. The molecule has 9 rings (SSSR count). The van der Waals surface area contributed by atoms with Crippen LogP contribution in [0.4, 0.5) is 17.1 Å². The van der Waals surface area contributed by atoms with Crippen molar-refractivity contribution in [2.45, 2.75) is 75.2 Å². The fourth-order valence-electron chi connectivity index (χ4n) is 11.3. The lowest BCUT2D eigenvalue weighted by atomic mass is 9.82. The zero-order chi connectivity index (χ0) is 45.5. The third-order valence-corrected chi connectivity index (χ3v) is 19.5. The summed E-state index contributed by atoms with van der Waals surface area (Å²) in [6.45, 7) is 9.42. The highest BCUT2D eigenvalue weighted by atomic mass is 79.9.